The van der Waals surface area contributed by atoms with Gasteiger partial charge in [0.25, 0.3) is 5.91 Å². The average molecular weight is 276 g/mol. The van der Waals surface area contributed by atoms with E-state index < -0.39 is 0 Å². The van der Waals surface area contributed by atoms with E-state index in [1.807, 2.05) is 55.5 Å². The molecule has 4 heteroatoms. The number of furan rings is 1. The number of rotatable bonds is 1. The molecular weight excluding hydrogens is 264 g/mol. The first-order valence-electron chi connectivity index (χ1n) is 6.70. The number of benzene rings is 2. The van der Waals surface area contributed by atoms with Crippen LogP contribution in [0.5, 0.6) is 0 Å². The predicted octanol–water partition coefficient (Wildman–Crippen LogP) is 3.78. The second kappa shape index (κ2) is 4.31. The molecule has 0 aliphatic heterocycles. The Morgan fingerprint density at radius 2 is 1.86 bits per heavy atom. The first-order chi connectivity index (χ1) is 10.3. The Balaban J connectivity index is 1.92. The molecular formula is C17H12N2O2. The minimum Gasteiger partial charge on any atom is -0.451 e. The standard InChI is InChI=1S/C17H12N2O2/c1-11-12-6-2-5-9-15(12)21-16(11)17(20)19-10-18-13-7-3-4-8-14(13)19/h2-10H,1H3. The number of aryl methyl sites for hydroxylation is 1. The van der Waals surface area contributed by atoms with E-state index in [4.69, 9.17) is 4.42 Å². The van der Waals surface area contributed by atoms with Crippen LogP contribution in [0, 0.1) is 6.92 Å². The van der Waals surface area contributed by atoms with Gasteiger partial charge in [0.05, 0.1) is 11.0 Å². The first-order valence-corrected chi connectivity index (χ1v) is 6.70. The summed E-state index contributed by atoms with van der Waals surface area (Å²) in [6, 6.07) is 15.2. The van der Waals surface area contributed by atoms with Crippen LogP contribution in [-0.4, -0.2) is 15.5 Å². The molecule has 0 aliphatic rings. The Hall–Kier alpha value is -2.88. The highest BCUT2D eigenvalue weighted by atomic mass is 16.3. The molecule has 4 aromatic rings. The topological polar surface area (TPSA) is 48.0 Å². The number of hydrogen-bond acceptors (Lipinski definition) is 3. The molecule has 21 heavy (non-hydrogen) atoms. The van der Waals surface area contributed by atoms with Crippen molar-refractivity contribution in [3.63, 3.8) is 0 Å². The Morgan fingerprint density at radius 3 is 2.71 bits per heavy atom. The molecule has 2 heterocycles. The molecule has 0 aliphatic carbocycles. The summed E-state index contributed by atoms with van der Waals surface area (Å²) in [5, 5.41) is 0.963. The maximum atomic E-state index is 12.7. The van der Waals surface area contributed by atoms with Crippen LogP contribution in [0.2, 0.25) is 0 Å². The van der Waals surface area contributed by atoms with Crippen LogP contribution in [0.1, 0.15) is 16.1 Å². The van der Waals surface area contributed by atoms with E-state index in [0.717, 1.165) is 27.6 Å². The van der Waals surface area contributed by atoms with E-state index in [1.165, 1.54) is 4.57 Å². The van der Waals surface area contributed by atoms with Crippen molar-refractivity contribution < 1.29 is 9.21 Å². The summed E-state index contributed by atoms with van der Waals surface area (Å²) in [6.45, 7) is 1.90. The number of para-hydroxylation sites is 3. The molecule has 0 atom stereocenters. The average Bonchev–Trinajstić information content (AvgIpc) is 3.09. The Morgan fingerprint density at radius 1 is 1.10 bits per heavy atom. The third-order valence-corrected chi connectivity index (χ3v) is 3.71. The summed E-state index contributed by atoms with van der Waals surface area (Å²) in [7, 11) is 0. The second-order valence-electron chi connectivity index (χ2n) is 4.96. The third kappa shape index (κ3) is 1.69. The summed E-state index contributed by atoms with van der Waals surface area (Å²) in [6.07, 6.45) is 1.54. The lowest BCUT2D eigenvalue weighted by atomic mass is 10.1. The Bertz CT molecular complexity index is 979. The number of carbonyl (C=O) groups is 1. The van der Waals surface area contributed by atoms with Crippen LogP contribution >= 0.6 is 0 Å². The normalized spacial score (nSPS) is 11.3. The lowest BCUT2D eigenvalue weighted by Gasteiger charge is -2.01. The fourth-order valence-corrected chi connectivity index (χ4v) is 2.61. The lowest BCUT2D eigenvalue weighted by molar-refractivity contribution is 0.0938. The monoisotopic (exact) mass is 276 g/mol. The maximum absolute atomic E-state index is 12.7. The number of carbonyl (C=O) groups excluding carboxylic acids is 1. The Labute approximate surface area is 120 Å². The third-order valence-electron chi connectivity index (χ3n) is 3.71. The van der Waals surface area contributed by atoms with Gasteiger partial charge in [-0.1, -0.05) is 30.3 Å². The quantitative estimate of drug-likeness (QED) is 0.531. The molecule has 0 amide bonds. The summed E-state index contributed by atoms with van der Waals surface area (Å²) in [5.74, 6) is 0.164. The zero-order chi connectivity index (χ0) is 14.4. The summed E-state index contributed by atoms with van der Waals surface area (Å²) in [4.78, 5) is 17.0. The van der Waals surface area contributed by atoms with Gasteiger partial charge in [-0.3, -0.25) is 9.36 Å². The van der Waals surface area contributed by atoms with E-state index in [9.17, 15) is 4.79 Å². The van der Waals surface area contributed by atoms with Gasteiger partial charge in [0.2, 0.25) is 0 Å². The number of nitrogens with zero attached hydrogens (tertiary/aromatic N) is 2. The van der Waals surface area contributed by atoms with E-state index in [1.54, 1.807) is 6.33 Å². The molecule has 102 valence electrons. The second-order valence-corrected chi connectivity index (χ2v) is 4.96. The van der Waals surface area contributed by atoms with Crippen molar-refractivity contribution in [2.45, 2.75) is 6.92 Å². The first kappa shape index (κ1) is 11.9. The number of fused-ring (bicyclic) bond motifs is 2. The fourth-order valence-electron chi connectivity index (χ4n) is 2.61. The SMILES string of the molecule is Cc1c(C(=O)n2cnc3ccccc32)oc2ccccc12. The molecule has 0 radical (unpaired) electrons. The van der Waals surface area contributed by atoms with Gasteiger partial charge in [0.15, 0.2) is 5.76 Å². The Kier molecular flexibility index (Phi) is 2.44. The van der Waals surface area contributed by atoms with E-state index in [0.29, 0.717) is 5.76 Å². The fraction of sp³-hybridized carbons (Fsp3) is 0.0588. The molecule has 4 rings (SSSR count). The zero-order valence-corrected chi connectivity index (χ0v) is 11.4. The summed E-state index contributed by atoms with van der Waals surface area (Å²) in [5.41, 5.74) is 3.15. The van der Waals surface area contributed by atoms with Crippen molar-refractivity contribution in [3.05, 3.63) is 66.2 Å². The van der Waals surface area contributed by atoms with Gasteiger partial charge in [0.1, 0.15) is 11.9 Å². The van der Waals surface area contributed by atoms with Crippen molar-refractivity contribution >= 4 is 27.9 Å². The minimum absolute atomic E-state index is 0.197. The van der Waals surface area contributed by atoms with Gasteiger partial charge in [-0.25, -0.2) is 4.98 Å². The van der Waals surface area contributed by atoms with Gasteiger partial charge < -0.3 is 4.42 Å². The van der Waals surface area contributed by atoms with Crippen molar-refractivity contribution in [1.29, 1.82) is 0 Å². The minimum atomic E-state index is -0.197. The van der Waals surface area contributed by atoms with E-state index in [2.05, 4.69) is 4.98 Å². The molecule has 0 N–H and O–H groups in total. The van der Waals surface area contributed by atoms with Crippen molar-refractivity contribution in [1.82, 2.24) is 9.55 Å². The summed E-state index contributed by atoms with van der Waals surface area (Å²) >= 11 is 0. The largest absolute Gasteiger partial charge is 0.451 e. The molecule has 0 fully saturated rings. The van der Waals surface area contributed by atoms with Gasteiger partial charge in [0, 0.05) is 10.9 Å². The molecule has 0 unspecified atom stereocenters. The van der Waals surface area contributed by atoms with Crippen LogP contribution in [0.3, 0.4) is 0 Å². The van der Waals surface area contributed by atoms with Crippen LogP contribution in [0.15, 0.2) is 59.3 Å². The van der Waals surface area contributed by atoms with Crippen molar-refractivity contribution in [2.24, 2.45) is 0 Å². The van der Waals surface area contributed by atoms with Gasteiger partial charge in [-0.2, -0.15) is 0 Å². The molecule has 2 aromatic heterocycles. The highest BCUT2D eigenvalue weighted by Gasteiger charge is 2.20. The highest BCUT2D eigenvalue weighted by Crippen LogP contribution is 2.26. The highest BCUT2D eigenvalue weighted by molar-refractivity contribution is 6.03. The van der Waals surface area contributed by atoms with Gasteiger partial charge in [-0.15, -0.1) is 0 Å². The van der Waals surface area contributed by atoms with Crippen molar-refractivity contribution in [2.75, 3.05) is 0 Å². The number of aromatic nitrogens is 2. The molecule has 0 spiro atoms. The molecule has 4 nitrogen and oxygen atoms in total. The van der Waals surface area contributed by atoms with Gasteiger partial charge >= 0.3 is 0 Å². The van der Waals surface area contributed by atoms with Gasteiger partial charge in [-0.05, 0) is 25.1 Å². The van der Waals surface area contributed by atoms with Crippen LogP contribution in [0.25, 0.3) is 22.0 Å². The van der Waals surface area contributed by atoms with Crippen molar-refractivity contribution in [3.8, 4) is 0 Å². The maximum Gasteiger partial charge on any atom is 0.299 e. The number of imidazole rings is 1. The molecule has 0 saturated carbocycles. The van der Waals surface area contributed by atoms with Crippen LogP contribution < -0.4 is 0 Å². The van der Waals surface area contributed by atoms with Crippen LogP contribution in [0.4, 0.5) is 0 Å². The number of hydrogen-bond donors (Lipinski definition) is 0. The summed E-state index contributed by atoms with van der Waals surface area (Å²) < 4.78 is 7.26. The van der Waals surface area contributed by atoms with E-state index >= 15 is 0 Å². The predicted molar refractivity (Wildman–Crippen MR) is 80.4 cm³/mol. The zero-order valence-electron chi connectivity index (χ0n) is 11.4. The lowest BCUT2D eigenvalue weighted by Crippen LogP contribution is -2.10. The van der Waals surface area contributed by atoms with E-state index in [-0.39, 0.29) is 5.91 Å². The molecule has 0 saturated heterocycles. The van der Waals surface area contributed by atoms with Crippen LogP contribution in [-0.2, 0) is 0 Å². The smallest absolute Gasteiger partial charge is 0.299 e. The molecule has 0 bridgehead atoms. The molecule has 2 aromatic carbocycles.